The number of nitrogens with zero attached hydrogens (tertiary/aromatic N) is 1. The van der Waals surface area contributed by atoms with E-state index in [0.29, 0.717) is 11.0 Å². The smallest absolute Gasteiger partial charge is 0.221 e. The van der Waals surface area contributed by atoms with Crippen LogP contribution >= 0.6 is 11.8 Å². The van der Waals surface area contributed by atoms with Crippen molar-refractivity contribution in [1.82, 2.24) is 4.84 Å². The maximum atomic E-state index is 12.3. The fraction of sp³-hybridized carbons (Fsp3) is 1.00. The molecular formula is C7H17ClFN2+. The molecule has 0 aliphatic carbocycles. The number of hydrogen-bond donors (Lipinski definition) is 1. The third-order valence-corrected chi connectivity index (χ3v) is 1.91. The fourth-order valence-electron chi connectivity index (χ4n) is 1.14. The lowest BCUT2D eigenvalue weighted by molar-refractivity contribution is -0.905. The first-order chi connectivity index (χ1) is 4.83. The maximum absolute atomic E-state index is 12.3. The van der Waals surface area contributed by atoms with E-state index in [4.69, 9.17) is 11.8 Å². The summed E-state index contributed by atoms with van der Waals surface area (Å²) < 4.78 is 12.7. The van der Waals surface area contributed by atoms with Crippen LogP contribution in [0.25, 0.3) is 0 Å². The van der Waals surface area contributed by atoms with E-state index in [0.717, 1.165) is 0 Å². The molecule has 1 N–H and O–H groups in total. The Bertz CT molecular complexity index is 112. The van der Waals surface area contributed by atoms with Gasteiger partial charge >= 0.3 is 0 Å². The molecule has 0 spiro atoms. The molecule has 2 nitrogen and oxygen atoms in total. The van der Waals surface area contributed by atoms with Gasteiger partial charge in [-0.1, -0.05) is 0 Å². The van der Waals surface area contributed by atoms with Crippen molar-refractivity contribution in [2.75, 3.05) is 27.4 Å². The molecular weight excluding hydrogens is 167 g/mol. The van der Waals surface area contributed by atoms with Crippen LogP contribution in [0.4, 0.5) is 4.39 Å². The van der Waals surface area contributed by atoms with Crippen molar-refractivity contribution in [3.63, 3.8) is 0 Å². The van der Waals surface area contributed by atoms with E-state index in [-0.39, 0.29) is 12.3 Å². The molecule has 0 bridgehead atoms. The first-order valence-electron chi connectivity index (χ1n) is 3.59. The summed E-state index contributed by atoms with van der Waals surface area (Å²) in [6.45, 7) is 4.17. The molecule has 0 aliphatic rings. The average Bonchev–Trinajstić information content (AvgIpc) is 1.86. The SMILES string of the molecule is CC(C)(C[N+](C)(C)CF)NCl. The predicted molar refractivity (Wildman–Crippen MR) is 46.0 cm³/mol. The molecule has 0 aromatic heterocycles. The van der Waals surface area contributed by atoms with Crippen LogP contribution in [0.15, 0.2) is 0 Å². The van der Waals surface area contributed by atoms with E-state index in [1.807, 2.05) is 27.9 Å². The van der Waals surface area contributed by atoms with E-state index < -0.39 is 0 Å². The van der Waals surface area contributed by atoms with E-state index in [1.165, 1.54) is 0 Å². The molecule has 0 heterocycles. The third kappa shape index (κ3) is 4.56. The van der Waals surface area contributed by atoms with Gasteiger partial charge in [0, 0.05) is 0 Å². The Labute approximate surface area is 73.0 Å². The van der Waals surface area contributed by atoms with Crippen LogP contribution in [0.1, 0.15) is 13.8 Å². The summed E-state index contributed by atoms with van der Waals surface area (Å²) >= 11 is 5.47. The van der Waals surface area contributed by atoms with Gasteiger partial charge in [-0.05, 0) is 25.6 Å². The standard InChI is InChI=1S/C7H17ClFN2/c1-7(2,10-8)5-11(3,4)6-9/h10H,5-6H2,1-4H3/q+1. The number of nitrogens with one attached hydrogen (secondary N) is 1. The summed E-state index contributed by atoms with van der Waals surface area (Å²) in [5.41, 5.74) is -0.225. The van der Waals surface area contributed by atoms with Crippen molar-refractivity contribution in [2.24, 2.45) is 0 Å². The molecule has 0 aromatic rings. The number of alkyl halides is 1. The minimum atomic E-state index is -0.373. The number of halogens is 2. The van der Waals surface area contributed by atoms with Crippen molar-refractivity contribution in [1.29, 1.82) is 0 Å². The molecule has 0 unspecified atom stereocenters. The summed E-state index contributed by atoms with van der Waals surface area (Å²) in [6.07, 6.45) is 0. The molecule has 4 heteroatoms. The Morgan fingerprint density at radius 2 is 1.91 bits per heavy atom. The van der Waals surface area contributed by atoms with Crippen LogP contribution in [-0.2, 0) is 0 Å². The number of rotatable bonds is 4. The zero-order valence-electron chi connectivity index (χ0n) is 7.62. The highest BCUT2D eigenvalue weighted by Gasteiger charge is 2.27. The van der Waals surface area contributed by atoms with Gasteiger partial charge in [0.15, 0.2) is 0 Å². The topological polar surface area (TPSA) is 12.0 Å². The molecule has 0 amide bonds. The molecule has 0 saturated heterocycles. The molecule has 0 aliphatic heterocycles. The molecule has 0 aromatic carbocycles. The Hall–Kier alpha value is 0.140. The first kappa shape index (κ1) is 11.1. The minimum absolute atomic E-state index is 0.225. The second-order valence-corrected chi connectivity index (χ2v) is 4.38. The van der Waals surface area contributed by atoms with Crippen LogP contribution in [0.5, 0.6) is 0 Å². The lowest BCUT2D eigenvalue weighted by atomic mass is 10.1. The van der Waals surface area contributed by atoms with Gasteiger partial charge in [-0.25, -0.2) is 4.84 Å². The summed E-state index contributed by atoms with van der Waals surface area (Å²) in [5, 5.41) is 0. The third-order valence-electron chi connectivity index (χ3n) is 1.40. The van der Waals surface area contributed by atoms with Crippen LogP contribution in [0, 0.1) is 0 Å². The van der Waals surface area contributed by atoms with Crippen molar-refractivity contribution >= 4 is 11.8 Å². The summed E-state index contributed by atoms with van der Waals surface area (Å²) in [7, 11) is 3.66. The van der Waals surface area contributed by atoms with E-state index in [1.54, 1.807) is 0 Å². The lowest BCUT2D eigenvalue weighted by Gasteiger charge is -2.33. The summed E-state index contributed by atoms with van der Waals surface area (Å²) in [6, 6.07) is 0. The Morgan fingerprint density at radius 3 is 2.18 bits per heavy atom. The molecule has 0 saturated carbocycles. The lowest BCUT2D eigenvalue weighted by Crippen LogP contribution is -2.52. The average molecular weight is 184 g/mol. The zero-order valence-corrected chi connectivity index (χ0v) is 8.37. The van der Waals surface area contributed by atoms with E-state index in [2.05, 4.69) is 4.84 Å². The van der Waals surface area contributed by atoms with Gasteiger partial charge in [0.05, 0.1) is 26.2 Å². The summed E-state index contributed by atoms with van der Waals surface area (Å²) in [4.78, 5) is 2.62. The van der Waals surface area contributed by atoms with Gasteiger partial charge in [-0.3, -0.25) is 0 Å². The Morgan fingerprint density at radius 1 is 1.45 bits per heavy atom. The normalized spacial score (nSPS) is 13.6. The Kier molecular flexibility index (Phi) is 3.74. The summed E-state index contributed by atoms with van der Waals surface area (Å²) in [5.74, 6) is 0. The van der Waals surface area contributed by atoms with Crippen molar-refractivity contribution in [2.45, 2.75) is 19.4 Å². The van der Waals surface area contributed by atoms with Crippen molar-refractivity contribution < 1.29 is 8.87 Å². The highest BCUT2D eigenvalue weighted by atomic mass is 35.5. The van der Waals surface area contributed by atoms with Crippen LogP contribution in [0.3, 0.4) is 0 Å². The highest BCUT2D eigenvalue weighted by Crippen LogP contribution is 2.10. The zero-order chi connectivity index (χ0) is 9.12. The van der Waals surface area contributed by atoms with Crippen LogP contribution < -0.4 is 4.84 Å². The van der Waals surface area contributed by atoms with Gasteiger partial charge in [0.1, 0.15) is 0 Å². The molecule has 0 fully saturated rings. The molecule has 0 rings (SSSR count). The van der Waals surface area contributed by atoms with Gasteiger partial charge in [0.2, 0.25) is 6.80 Å². The van der Waals surface area contributed by atoms with Crippen LogP contribution in [-0.4, -0.2) is 37.5 Å². The Balaban J connectivity index is 4.02. The quantitative estimate of drug-likeness (QED) is 0.396. The molecule has 11 heavy (non-hydrogen) atoms. The van der Waals surface area contributed by atoms with E-state index in [9.17, 15) is 4.39 Å². The monoisotopic (exact) mass is 183 g/mol. The number of hydrogen-bond acceptors (Lipinski definition) is 1. The van der Waals surface area contributed by atoms with Crippen molar-refractivity contribution in [3.05, 3.63) is 0 Å². The van der Waals surface area contributed by atoms with E-state index >= 15 is 0 Å². The maximum Gasteiger partial charge on any atom is 0.221 e. The highest BCUT2D eigenvalue weighted by molar-refractivity contribution is 6.13. The second-order valence-electron chi connectivity index (χ2n) is 4.19. The van der Waals surface area contributed by atoms with Gasteiger partial charge in [-0.15, -0.1) is 0 Å². The first-order valence-corrected chi connectivity index (χ1v) is 3.96. The minimum Gasteiger partial charge on any atom is -0.301 e. The number of quaternary nitrogens is 1. The van der Waals surface area contributed by atoms with Gasteiger partial charge in [0.25, 0.3) is 0 Å². The van der Waals surface area contributed by atoms with Gasteiger partial charge < -0.3 is 4.48 Å². The number of likely N-dealkylation sites (N-methyl/N-ethyl adjacent to an activating group) is 1. The van der Waals surface area contributed by atoms with Crippen LogP contribution in [0.2, 0.25) is 0 Å². The van der Waals surface area contributed by atoms with Crippen molar-refractivity contribution in [3.8, 4) is 0 Å². The molecule has 0 radical (unpaired) electrons. The second kappa shape index (κ2) is 3.70. The molecule has 0 atom stereocenters. The molecule has 68 valence electrons. The fourth-order valence-corrected chi connectivity index (χ4v) is 1.20. The van der Waals surface area contributed by atoms with Gasteiger partial charge in [-0.2, -0.15) is 4.39 Å². The predicted octanol–water partition coefficient (Wildman–Crippen LogP) is 1.51. The largest absolute Gasteiger partial charge is 0.301 e.